The third-order valence-electron chi connectivity index (χ3n) is 2.92. The van der Waals surface area contributed by atoms with Gasteiger partial charge in [0.05, 0.1) is 0 Å². The molecule has 0 saturated heterocycles. The molecule has 0 radical (unpaired) electrons. The molecule has 2 nitrogen and oxygen atoms in total. The van der Waals surface area contributed by atoms with Crippen LogP contribution in [-0.2, 0) is 6.61 Å². The van der Waals surface area contributed by atoms with Gasteiger partial charge in [-0.1, -0.05) is 48.0 Å². The van der Waals surface area contributed by atoms with Crippen LogP contribution in [0.1, 0.15) is 30.9 Å². The molecule has 2 aromatic rings. The molecule has 0 aliphatic heterocycles. The van der Waals surface area contributed by atoms with Crippen LogP contribution in [0.25, 0.3) is 0 Å². The van der Waals surface area contributed by atoms with Crippen LogP contribution in [0.5, 0.6) is 5.75 Å². The average Bonchev–Trinajstić information content (AvgIpc) is 2.35. The van der Waals surface area contributed by atoms with Gasteiger partial charge in [0.15, 0.2) is 0 Å². The minimum atomic E-state index is 0.448. The van der Waals surface area contributed by atoms with Crippen molar-refractivity contribution in [3.8, 4) is 5.75 Å². The minimum absolute atomic E-state index is 0.448. The highest BCUT2D eigenvalue weighted by molar-refractivity contribution is 9.10. The lowest BCUT2D eigenvalue weighted by Crippen LogP contribution is -2.00. The lowest BCUT2D eigenvalue weighted by molar-refractivity contribution is 0.302. The van der Waals surface area contributed by atoms with Gasteiger partial charge >= 0.3 is 0 Å². The van der Waals surface area contributed by atoms with Gasteiger partial charge in [0.25, 0.3) is 0 Å². The van der Waals surface area contributed by atoms with Gasteiger partial charge in [-0.2, -0.15) is 0 Å². The molecule has 2 rings (SSSR count). The molecular formula is C16H18BrNO. The van der Waals surface area contributed by atoms with Gasteiger partial charge in [-0.05, 0) is 41.3 Å². The Morgan fingerprint density at radius 2 is 1.89 bits per heavy atom. The fraction of sp³-hybridized carbons (Fsp3) is 0.250. The van der Waals surface area contributed by atoms with Crippen LogP contribution in [0.3, 0.4) is 0 Å². The van der Waals surface area contributed by atoms with Crippen molar-refractivity contribution in [1.29, 1.82) is 0 Å². The number of ether oxygens (including phenoxy) is 1. The molecule has 19 heavy (non-hydrogen) atoms. The molecule has 0 bridgehead atoms. The molecule has 0 aromatic heterocycles. The lowest BCUT2D eigenvalue weighted by atomic mass is 10.0. The maximum Gasteiger partial charge on any atom is 0.123 e. The zero-order valence-corrected chi connectivity index (χ0v) is 12.8. The monoisotopic (exact) mass is 319 g/mol. The van der Waals surface area contributed by atoms with Gasteiger partial charge in [0.2, 0.25) is 0 Å². The molecule has 0 amide bonds. The molecule has 0 saturated carbocycles. The fourth-order valence-electron chi connectivity index (χ4n) is 2.01. The molecule has 0 fully saturated rings. The van der Waals surface area contributed by atoms with E-state index in [0.29, 0.717) is 12.5 Å². The second-order valence-corrected chi connectivity index (χ2v) is 5.79. The summed E-state index contributed by atoms with van der Waals surface area (Å²) in [5, 5.41) is 0. The van der Waals surface area contributed by atoms with Crippen LogP contribution >= 0.6 is 15.9 Å². The number of nitrogens with two attached hydrogens (primary N) is 1. The van der Waals surface area contributed by atoms with E-state index < -0.39 is 0 Å². The summed E-state index contributed by atoms with van der Waals surface area (Å²) in [7, 11) is 0. The van der Waals surface area contributed by atoms with E-state index >= 15 is 0 Å². The molecule has 3 heteroatoms. The van der Waals surface area contributed by atoms with Crippen molar-refractivity contribution in [3.63, 3.8) is 0 Å². The summed E-state index contributed by atoms with van der Waals surface area (Å²) in [5.41, 5.74) is 8.85. The summed E-state index contributed by atoms with van der Waals surface area (Å²) < 4.78 is 6.89. The van der Waals surface area contributed by atoms with E-state index in [1.807, 2.05) is 36.4 Å². The predicted molar refractivity (Wildman–Crippen MR) is 83.4 cm³/mol. The van der Waals surface area contributed by atoms with E-state index in [4.69, 9.17) is 10.5 Å². The maximum atomic E-state index is 5.92. The molecule has 2 N–H and O–H groups in total. The zero-order chi connectivity index (χ0) is 13.8. The Morgan fingerprint density at radius 1 is 1.16 bits per heavy atom. The van der Waals surface area contributed by atoms with Gasteiger partial charge in [0, 0.05) is 10.2 Å². The Labute approximate surface area is 122 Å². The number of anilines is 1. The van der Waals surface area contributed by atoms with E-state index in [9.17, 15) is 0 Å². The van der Waals surface area contributed by atoms with Crippen LogP contribution < -0.4 is 10.5 Å². The first-order valence-corrected chi connectivity index (χ1v) is 7.12. The topological polar surface area (TPSA) is 35.2 Å². The fourth-order valence-corrected chi connectivity index (χ4v) is 2.57. The number of para-hydroxylation sites is 1. The Morgan fingerprint density at radius 3 is 2.58 bits per heavy atom. The number of hydrogen-bond donors (Lipinski definition) is 1. The number of nitrogen functional groups attached to an aromatic ring is 1. The highest BCUT2D eigenvalue weighted by Crippen LogP contribution is 2.27. The summed E-state index contributed by atoms with van der Waals surface area (Å²) in [6.07, 6.45) is 0. The third kappa shape index (κ3) is 3.74. The Bertz CT molecular complexity index is 546. The first-order chi connectivity index (χ1) is 9.06. The maximum absolute atomic E-state index is 5.92. The van der Waals surface area contributed by atoms with Crippen LogP contribution in [0, 0.1) is 0 Å². The summed E-state index contributed by atoms with van der Waals surface area (Å²) in [6, 6.07) is 14.0. The average molecular weight is 320 g/mol. The highest BCUT2D eigenvalue weighted by Gasteiger charge is 2.07. The molecule has 0 unspecified atom stereocenters. The van der Waals surface area contributed by atoms with E-state index in [-0.39, 0.29) is 0 Å². The first-order valence-electron chi connectivity index (χ1n) is 6.33. The van der Waals surface area contributed by atoms with E-state index in [1.165, 1.54) is 5.56 Å². The van der Waals surface area contributed by atoms with Gasteiger partial charge in [-0.15, -0.1) is 0 Å². The van der Waals surface area contributed by atoms with Crippen LogP contribution in [0.15, 0.2) is 46.9 Å². The zero-order valence-electron chi connectivity index (χ0n) is 11.2. The quantitative estimate of drug-likeness (QED) is 0.826. The Balaban J connectivity index is 2.14. The first kappa shape index (κ1) is 13.9. The molecule has 0 aliphatic carbocycles. The van der Waals surface area contributed by atoms with Crippen molar-refractivity contribution in [3.05, 3.63) is 58.1 Å². The SMILES string of the molecule is CC(C)c1ccccc1OCc1cc(N)cc(Br)c1. The number of rotatable bonds is 4. The van der Waals surface area contributed by atoms with Gasteiger partial charge in [-0.25, -0.2) is 0 Å². The van der Waals surface area contributed by atoms with E-state index in [2.05, 4.69) is 35.8 Å². The summed E-state index contributed by atoms with van der Waals surface area (Å²) in [6.45, 7) is 4.85. The van der Waals surface area contributed by atoms with E-state index in [1.54, 1.807) is 0 Å². The van der Waals surface area contributed by atoms with E-state index in [0.717, 1.165) is 21.5 Å². The van der Waals surface area contributed by atoms with Crippen molar-refractivity contribution < 1.29 is 4.74 Å². The van der Waals surface area contributed by atoms with Crippen molar-refractivity contribution in [2.75, 3.05) is 5.73 Å². The normalized spacial score (nSPS) is 10.7. The Kier molecular flexibility index (Phi) is 4.48. The third-order valence-corrected chi connectivity index (χ3v) is 3.37. The summed E-state index contributed by atoms with van der Waals surface area (Å²) >= 11 is 3.44. The van der Waals surface area contributed by atoms with Crippen LogP contribution in [0.2, 0.25) is 0 Å². The molecule has 100 valence electrons. The Hall–Kier alpha value is -1.48. The van der Waals surface area contributed by atoms with Gasteiger partial charge in [0.1, 0.15) is 12.4 Å². The van der Waals surface area contributed by atoms with Crippen molar-refractivity contribution in [2.24, 2.45) is 0 Å². The lowest BCUT2D eigenvalue weighted by Gasteiger charge is -2.14. The van der Waals surface area contributed by atoms with Crippen molar-refractivity contribution in [1.82, 2.24) is 0 Å². The molecule has 0 heterocycles. The molecule has 0 aliphatic rings. The highest BCUT2D eigenvalue weighted by atomic mass is 79.9. The molecule has 0 atom stereocenters. The standard InChI is InChI=1S/C16H18BrNO/c1-11(2)15-5-3-4-6-16(15)19-10-12-7-13(17)9-14(18)8-12/h3-9,11H,10,18H2,1-2H3. The van der Waals surface area contributed by atoms with Crippen molar-refractivity contribution in [2.45, 2.75) is 26.4 Å². The van der Waals surface area contributed by atoms with Gasteiger partial charge in [-0.3, -0.25) is 0 Å². The predicted octanol–water partition coefficient (Wildman–Crippen LogP) is 4.73. The number of halogens is 1. The smallest absolute Gasteiger partial charge is 0.123 e. The molecule has 0 spiro atoms. The van der Waals surface area contributed by atoms with Gasteiger partial charge < -0.3 is 10.5 Å². The molecule has 2 aromatic carbocycles. The number of benzene rings is 2. The second-order valence-electron chi connectivity index (χ2n) is 4.87. The van der Waals surface area contributed by atoms with Crippen molar-refractivity contribution >= 4 is 21.6 Å². The summed E-state index contributed by atoms with van der Waals surface area (Å²) in [5.74, 6) is 1.39. The summed E-state index contributed by atoms with van der Waals surface area (Å²) in [4.78, 5) is 0. The number of hydrogen-bond acceptors (Lipinski definition) is 2. The van der Waals surface area contributed by atoms with Crippen LogP contribution in [0.4, 0.5) is 5.69 Å². The largest absolute Gasteiger partial charge is 0.489 e. The minimum Gasteiger partial charge on any atom is -0.489 e. The van der Waals surface area contributed by atoms with Crippen LogP contribution in [-0.4, -0.2) is 0 Å². The second kappa shape index (κ2) is 6.11. The molecular weight excluding hydrogens is 302 g/mol.